The van der Waals surface area contributed by atoms with Crippen LogP contribution in [0.4, 0.5) is 0 Å². The number of carbonyl (C=O) groups is 2. The van der Waals surface area contributed by atoms with E-state index in [2.05, 4.69) is 25.5 Å². The van der Waals surface area contributed by atoms with Crippen LogP contribution in [-0.2, 0) is 16.1 Å². The molecule has 2 aromatic carbocycles. The maximum absolute atomic E-state index is 12.6. The lowest BCUT2D eigenvalue weighted by molar-refractivity contribution is -0.121. The first-order valence-electron chi connectivity index (χ1n) is 11.4. The minimum absolute atomic E-state index is 0.0196. The summed E-state index contributed by atoms with van der Waals surface area (Å²) in [6.45, 7) is 1.75. The van der Waals surface area contributed by atoms with E-state index in [4.69, 9.17) is 4.74 Å². The Morgan fingerprint density at radius 2 is 2.03 bits per heavy atom. The third-order valence-electron chi connectivity index (χ3n) is 5.48. The fourth-order valence-electron chi connectivity index (χ4n) is 3.73. The second kappa shape index (κ2) is 11.8. The molecular formula is C26H28N6O3. The van der Waals surface area contributed by atoms with Crippen LogP contribution in [0.5, 0.6) is 0 Å². The largest absolute Gasteiger partial charge is 0.383 e. The Morgan fingerprint density at radius 3 is 2.86 bits per heavy atom. The molecule has 0 aliphatic heterocycles. The summed E-state index contributed by atoms with van der Waals surface area (Å²) >= 11 is 0. The fraction of sp³-hybridized carbons (Fsp3) is 0.231. The summed E-state index contributed by atoms with van der Waals surface area (Å²) in [5, 5.41) is 12.1. The maximum atomic E-state index is 12.6. The highest BCUT2D eigenvalue weighted by Crippen LogP contribution is 2.18. The molecule has 2 N–H and O–H groups in total. The Morgan fingerprint density at radius 1 is 1.11 bits per heavy atom. The fourth-order valence-corrected chi connectivity index (χ4v) is 3.73. The molecule has 0 aliphatic rings. The van der Waals surface area contributed by atoms with Crippen molar-refractivity contribution in [2.75, 3.05) is 20.3 Å². The van der Waals surface area contributed by atoms with Crippen molar-refractivity contribution in [1.82, 2.24) is 25.1 Å². The standard InChI is InChI=1S/C26H28N6O3/c1-35-16-12-27-25(33)7-3-13-31-15-10-21-18-22(8-9-24(21)31)26(34)30-28-19-20-5-2-6-23(17-20)32-14-4-11-29-32/h2,4-6,8-11,14-15,17-19H,3,7,12-13,16H2,1H3,(H,27,33)(H,30,34)/b28-19+. The molecule has 0 saturated carbocycles. The number of amides is 2. The van der Waals surface area contributed by atoms with Gasteiger partial charge >= 0.3 is 0 Å². The lowest BCUT2D eigenvalue weighted by atomic mass is 10.1. The molecule has 180 valence electrons. The molecular weight excluding hydrogens is 444 g/mol. The normalized spacial score (nSPS) is 11.2. The van der Waals surface area contributed by atoms with Crippen LogP contribution in [0.15, 0.2) is 78.3 Å². The van der Waals surface area contributed by atoms with Gasteiger partial charge in [-0.2, -0.15) is 10.2 Å². The molecule has 0 bridgehead atoms. The second-order valence-electron chi connectivity index (χ2n) is 7.97. The molecule has 0 fully saturated rings. The Balaban J connectivity index is 1.32. The van der Waals surface area contributed by atoms with Gasteiger partial charge < -0.3 is 14.6 Å². The average Bonchev–Trinajstić information content (AvgIpc) is 3.55. The van der Waals surface area contributed by atoms with Crippen LogP contribution in [0.25, 0.3) is 16.6 Å². The van der Waals surface area contributed by atoms with E-state index in [0.29, 0.717) is 31.7 Å². The Bertz CT molecular complexity index is 1310. The molecule has 4 rings (SSSR count). The molecule has 35 heavy (non-hydrogen) atoms. The quantitative estimate of drug-likeness (QED) is 0.199. The molecule has 2 aromatic heterocycles. The topological polar surface area (TPSA) is 103 Å². The highest BCUT2D eigenvalue weighted by molar-refractivity contribution is 5.98. The first-order valence-corrected chi connectivity index (χ1v) is 11.4. The summed E-state index contributed by atoms with van der Waals surface area (Å²) in [4.78, 5) is 24.4. The van der Waals surface area contributed by atoms with Gasteiger partial charge in [-0.05, 0) is 54.4 Å². The van der Waals surface area contributed by atoms with Gasteiger partial charge in [0, 0.05) is 61.7 Å². The molecule has 0 unspecified atom stereocenters. The number of ether oxygens (including phenoxy) is 1. The predicted octanol–water partition coefficient (Wildman–Crippen LogP) is 3.13. The summed E-state index contributed by atoms with van der Waals surface area (Å²) in [6, 6.07) is 17.0. The van der Waals surface area contributed by atoms with Crippen LogP contribution in [0.2, 0.25) is 0 Å². The van der Waals surface area contributed by atoms with Gasteiger partial charge in [-0.1, -0.05) is 12.1 Å². The molecule has 0 spiro atoms. The van der Waals surface area contributed by atoms with Crippen molar-refractivity contribution in [2.45, 2.75) is 19.4 Å². The number of benzene rings is 2. The monoisotopic (exact) mass is 472 g/mol. The molecule has 0 atom stereocenters. The van der Waals surface area contributed by atoms with Crippen molar-refractivity contribution in [2.24, 2.45) is 5.10 Å². The Kier molecular flexibility index (Phi) is 8.03. The molecule has 9 nitrogen and oxygen atoms in total. The van der Waals surface area contributed by atoms with Crippen LogP contribution >= 0.6 is 0 Å². The van der Waals surface area contributed by atoms with E-state index >= 15 is 0 Å². The average molecular weight is 473 g/mol. The molecule has 2 heterocycles. The van der Waals surface area contributed by atoms with Crippen molar-refractivity contribution < 1.29 is 14.3 Å². The summed E-state index contributed by atoms with van der Waals surface area (Å²) in [5.41, 5.74) is 5.88. The minimum Gasteiger partial charge on any atom is -0.383 e. The molecule has 4 aromatic rings. The summed E-state index contributed by atoms with van der Waals surface area (Å²) < 4.78 is 8.78. The van der Waals surface area contributed by atoms with Crippen molar-refractivity contribution in [3.8, 4) is 5.69 Å². The number of hydrogen-bond acceptors (Lipinski definition) is 5. The molecule has 0 aliphatic carbocycles. The number of aryl methyl sites for hydroxylation is 1. The van der Waals surface area contributed by atoms with Gasteiger partial charge in [0.2, 0.25) is 5.91 Å². The number of nitrogens with one attached hydrogen (secondary N) is 2. The highest BCUT2D eigenvalue weighted by Gasteiger charge is 2.09. The van der Waals surface area contributed by atoms with Crippen LogP contribution in [-0.4, -0.2) is 52.6 Å². The molecule has 0 radical (unpaired) electrons. The van der Waals surface area contributed by atoms with Gasteiger partial charge in [0.25, 0.3) is 5.91 Å². The lowest BCUT2D eigenvalue weighted by Crippen LogP contribution is -2.26. The van der Waals surface area contributed by atoms with E-state index in [9.17, 15) is 9.59 Å². The van der Waals surface area contributed by atoms with E-state index in [1.165, 1.54) is 0 Å². The maximum Gasteiger partial charge on any atom is 0.271 e. The highest BCUT2D eigenvalue weighted by atomic mass is 16.5. The Labute approximate surface area is 203 Å². The third kappa shape index (κ3) is 6.42. The minimum atomic E-state index is -0.285. The van der Waals surface area contributed by atoms with Crippen LogP contribution in [0.3, 0.4) is 0 Å². The van der Waals surface area contributed by atoms with Gasteiger partial charge in [-0.25, -0.2) is 10.1 Å². The number of methoxy groups -OCH3 is 1. The van der Waals surface area contributed by atoms with Crippen molar-refractivity contribution in [3.05, 3.63) is 84.3 Å². The molecule has 0 saturated heterocycles. The second-order valence-corrected chi connectivity index (χ2v) is 7.97. The van der Waals surface area contributed by atoms with Crippen LogP contribution < -0.4 is 10.7 Å². The van der Waals surface area contributed by atoms with Gasteiger partial charge in [0.05, 0.1) is 18.5 Å². The van der Waals surface area contributed by atoms with Crippen LogP contribution in [0, 0.1) is 0 Å². The zero-order valence-electron chi connectivity index (χ0n) is 19.6. The van der Waals surface area contributed by atoms with Gasteiger partial charge in [-0.15, -0.1) is 0 Å². The summed E-state index contributed by atoms with van der Waals surface area (Å²) in [5.74, 6) is -0.266. The first kappa shape index (κ1) is 23.9. The van der Waals surface area contributed by atoms with Crippen LogP contribution in [0.1, 0.15) is 28.8 Å². The van der Waals surface area contributed by atoms with E-state index in [1.807, 2.05) is 60.9 Å². The van der Waals surface area contributed by atoms with E-state index in [-0.39, 0.29) is 11.8 Å². The van der Waals surface area contributed by atoms with Crippen molar-refractivity contribution in [1.29, 1.82) is 0 Å². The number of hydrazone groups is 1. The zero-order chi connectivity index (χ0) is 24.5. The number of fused-ring (bicyclic) bond motifs is 1. The first-order chi connectivity index (χ1) is 17.1. The molecule has 9 heteroatoms. The van der Waals surface area contributed by atoms with E-state index in [0.717, 1.165) is 28.6 Å². The summed E-state index contributed by atoms with van der Waals surface area (Å²) in [7, 11) is 1.61. The molecule has 2 amide bonds. The number of aromatic nitrogens is 3. The number of nitrogens with zero attached hydrogens (tertiary/aromatic N) is 4. The van der Waals surface area contributed by atoms with Crippen molar-refractivity contribution >= 4 is 28.9 Å². The van der Waals surface area contributed by atoms with Gasteiger partial charge in [0.15, 0.2) is 0 Å². The number of rotatable bonds is 11. The van der Waals surface area contributed by atoms with E-state index < -0.39 is 0 Å². The third-order valence-corrected chi connectivity index (χ3v) is 5.48. The lowest BCUT2D eigenvalue weighted by Gasteiger charge is -2.07. The SMILES string of the molecule is COCCNC(=O)CCCn1ccc2cc(C(=O)N/N=C/c3cccc(-n4cccn4)c3)ccc21. The smallest absolute Gasteiger partial charge is 0.271 e. The predicted molar refractivity (Wildman–Crippen MR) is 135 cm³/mol. The van der Waals surface area contributed by atoms with Gasteiger partial charge in [0.1, 0.15) is 0 Å². The zero-order valence-corrected chi connectivity index (χ0v) is 19.6. The Hall–Kier alpha value is -4.24. The van der Waals surface area contributed by atoms with Crippen molar-refractivity contribution in [3.63, 3.8) is 0 Å². The summed E-state index contributed by atoms with van der Waals surface area (Å²) in [6.07, 6.45) is 8.33. The van der Waals surface area contributed by atoms with Gasteiger partial charge in [-0.3, -0.25) is 9.59 Å². The number of carbonyl (C=O) groups excluding carboxylic acids is 2. The number of hydrogen-bond donors (Lipinski definition) is 2. The van der Waals surface area contributed by atoms with E-state index in [1.54, 1.807) is 30.3 Å².